The molecule has 0 N–H and O–H groups in total. The zero-order valence-corrected chi connectivity index (χ0v) is 13.2. The van der Waals surface area contributed by atoms with Crippen LogP contribution >= 0.6 is 11.6 Å². The first-order chi connectivity index (χ1) is 10.00. The predicted octanol–water partition coefficient (Wildman–Crippen LogP) is 1.84. The zero-order valence-electron chi connectivity index (χ0n) is 11.7. The maximum Gasteiger partial charge on any atom is 0.151 e. The summed E-state index contributed by atoms with van der Waals surface area (Å²) in [6, 6.07) is 7.17. The van der Waals surface area contributed by atoms with Crippen LogP contribution in [0, 0.1) is 12.3 Å². The van der Waals surface area contributed by atoms with E-state index in [2.05, 4.69) is 5.92 Å². The van der Waals surface area contributed by atoms with Crippen LogP contribution in [0.5, 0.6) is 5.75 Å². The van der Waals surface area contributed by atoms with Gasteiger partial charge in [0.25, 0.3) is 0 Å². The molecule has 0 saturated carbocycles. The fourth-order valence-corrected chi connectivity index (χ4v) is 4.35. The highest BCUT2D eigenvalue weighted by molar-refractivity contribution is 7.91. The summed E-state index contributed by atoms with van der Waals surface area (Å²) in [4.78, 5) is 2.00. The highest BCUT2D eigenvalue weighted by atomic mass is 35.5. The highest BCUT2D eigenvalue weighted by Crippen LogP contribution is 2.19. The Kier molecular flexibility index (Phi) is 5.51. The molecule has 1 aliphatic heterocycles. The van der Waals surface area contributed by atoms with E-state index < -0.39 is 9.84 Å². The Bertz CT molecular complexity index is 624. The molecule has 21 heavy (non-hydrogen) atoms. The van der Waals surface area contributed by atoms with Crippen LogP contribution in [0.4, 0.5) is 0 Å². The molecule has 1 aliphatic rings. The van der Waals surface area contributed by atoms with Gasteiger partial charge in [0, 0.05) is 17.6 Å². The molecule has 2 rings (SSSR count). The Morgan fingerprint density at radius 3 is 2.90 bits per heavy atom. The van der Waals surface area contributed by atoms with Crippen molar-refractivity contribution in [2.45, 2.75) is 12.5 Å². The third kappa shape index (κ3) is 4.92. The second kappa shape index (κ2) is 7.17. The SMILES string of the molecule is C#CCN(CCOc1cccc(Cl)c1)[C@H]1CCS(=O)(=O)C1. The van der Waals surface area contributed by atoms with E-state index in [0.717, 1.165) is 0 Å². The minimum Gasteiger partial charge on any atom is -0.492 e. The minimum atomic E-state index is -2.91. The normalized spacial score (nSPS) is 20.3. The molecule has 1 fully saturated rings. The fourth-order valence-electron chi connectivity index (χ4n) is 2.41. The van der Waals surface area contributed by atoms with Gasteiger partial charge in [0.2, 0.25) is 0 Å². The largest absolute Gasteiger partial charge is 0.492 e. The summed E-state index contributed by atoms with van der Waals surface area (Å²) >= 11 is 5.89. The molecule has 0 aromatic heterocycles. The number of benzene rings is 1. The monoisotopic (exact) mass is 327 g/mol. The van der Waals surface area contributed by atoms with Crippen LogP contribution in [-0.2, 0) is 9.84 Å². The first-order valence-electron chi connectivity index (χ1n) is 6.76. The summed E-state index contributed by atoms with van der Waals surface area (Å²) in [6.07, 6.45) is 6.01. The number of hydrogen-bond acceptors (Lipinski definition) is 4. The van der Waals surface area contributed by atoms with Gasteiger partial charge >= 0.3 is 0 Å². The summed E-state index contributed by atoms with van der Waals surface area (Å²) in [6.45, 7) is 1.47. The molecule has 1 heterocycles. The van der Waals surface area contributed by atoms with Crippen molar-refractivity contribution in [1.82, 2.24) is 4.90 Å². The summed E-state index contributed by atoms with van der Waals surface area (Å²) in [7, 11) is -2.91. The fraction of sp³-hybridized carbons (Fsp3) is 0.467. The molecule has 1 atom stereocenters. The van der Waals surface area contributed by atoms with Crippen molar-refractivity contribution < 1.29 is 13.2 Å². The van der Waals surface area contributed by atoms with Gasteiger partial charge in [0.1, 0.15) is 12.4 Å². The van der Waals surface area contributed by atoms with Crippen molar-refractivity contribution in [1.29, 1.82) is 0 Å². The topological polar surface area (TPSA) is 46.6 Å². The molecule has 0 bridgehead atoms. The molecular weight excluding hydrogens is 310 g/mol. The summed E-state index contributed by atoms with van der Waals surface area (Å²) in [5, 5.41) is 0.620. The van der Waals surface area contributed by atoms with Gasteiger partial charge in [0.05, 0.1) is 18.1 Å². The van der Waals surface area contributed by atoms with Gasteiger partial charge in [-0.3, -0.25) is 4.90 Å². The Morgan fingerprint density at radius 2 is 2.29 bits per heavy atom. The number of terminal acetylenes is 1. The Labute approximate surface area is 131 Å². The van der Waals surface area contributed by atoms with Gasteiger partial charge in [-0.15, -0.1) is 6.42 Å². The Morgan fingerprint density at radius 1 is 1.48 bits per heavy atom. The van der Waals surface area contributed by atoms with Crippen LogP contribution in [0.1, 0.15) is 6.42 Å². The van der Waals surface area contributed by atoms with E-state index in [1.807, 2.05) is 17.0 Å². The van der Waals surface area contributed by atoms with Crippen molar-refractivity contribution >= 4 is 21.4 Å². The van der Waals surface area contributed by atoms with E-state index in [0.29, 0.717) is 36.9 Å². The predicted molar refractivity (Wildman–Crippen MR) is 84.4 cm³/mol. The molecule has 0 unspecified atom stereocenters. The van der Waals surface area contributed by atoms with Gasteiger partial charge in [-0.1, -0.05) is 23.6 Å². The maximum atomic E-state index is 11.6. The maximum absolute atomic E-state index is 11.6. The Hall–Kier alpha value is -1.22. The van der Waals surface area contributed by atoms with Crippen molar-refractivity contribution in [2.75, 3.05) is 31.2 Å². The van der Waals surface area contributed by atoms with E-state index in [9.17, 15) is 8.42 Å². The third-order valence-electron chi connectivity index (χ3n) is 3.46. The van der Waals surface area contributed by atoms with E-state index in [4.69, 9.17) is 22.8 Å². The third-order valence-corrected chi connectivity index (χ3v) is 5.45. The molecule has 1 aromatic carbocycles. The molecular formula is C15H18ClNO3S. The number of rotatable bonds is 6. The van der Waals surface area contributed by atoms with Crippen molar-refractivity contribution in [3.05, 3.63) is 29.3 Å². The van der Waals surface area contributed by atoms with E-state index in [-0.39, 0.29) is 17.5 Å². The van der Waals surface area contributed by atoms with Crippen LogP contribution < -0.4 is 4.74 Å². The Balaban J connectivity index is 1.88. The zero-order chi connectivity index (χ0) is 15.3. The number of sulfone groups is 1. The van der Waals surface area contributed by atoms with E-state index >= 15 is 0 Å². The lowest BCUT2D eigenvalue weighted by Crippen LogP contribution is -2.39. The summed E-state index contributed by atoms with van der Waals surface area (Å²) in [5.74, 6) is 3.71. The van der Waals surface area contributed by atoms with E-state index in [1.54, 1.807) is 12.1 Å². The lowest BCUT2D eigenvalue weighted by Gasteiger charge is -2.25. The van der Waals surface area contributed by atoms with Crippen LogP contribution in [-0.4, -0.2) is 50.6 Å². The standard InChI is InChI=1S/C15H18ClNO3S/c1-2-7-17(14-6-10-21(18,19)12-14)8-9-20-15-5-3-4-13(16)11-15/h1,3-5,11,14H,6-10,12H2/t14-/m0/s1. The lowest BCUT2D eigenvalue weighted by atomic mass is 10.2. The number of hydrogen-bond donors (Lipinski definition) is 0. The molecule has 0 amide bonds. The van der Waals surface area contributed by atoms with E-state index in [1.165, 1.54) is 0 Å². The quantitative estimate of drug-likeness (QED) is 0.748. The van der Waals surface area contributed by atoms with Gasteiger partial charge in [-0.05, 0) is 24.6 Å². The smallest absolute Gasteiger partial charge is 0.151 e. The molecule has 1 aromatic rings. The molecule has 0 aliphatic carbocycles. The number of halogens is 1. The van der Waals surface area contributed by atoms with Crippen LogP contribution in [0.15, 0.2) is 24.3 Å². The van der Waals surface area contributed by atoms with Crippen LogP contribution in [0.25, 0.3) is 0 Å². The van der Waals surface area contributed by atoms with Gasteiger partial charge < -0.3 is 4.74 Å². The molecule has 0 radical (unpaired) electrons. The summed E-state index contributed by atoms with van der Waals surface area (Å²) in [5.41, 5.74) is 0. The van der Waals surface area contributed by atoms with Gasteiger partial charge in [-0.2, -0.15) is 0 Å². The van der Waals surface area contributed by atoms with Crippen molar-refractivity contribution in [3.8, 4) is 18.1 Å². The number of nitrogens with zero attached hydrogens (tertiary/aromatic N) is 1. The minimum absolute atomic E-state index is 0.00555. The highest BCUT2D eigenvalue weighted by Gasteiger charge is 2.31. The lowest BCUT2D eigenvalue weighted by molar-refractivity contribution is 0.187. The molecule has 0 spiro atoms. The molecule has 114 valence electrons. The first kappa shape index (κ1) is 16.2. The van der Waals surface area contributed by atoms with Gasteiger partial charge in [-0.25, -0.2) is 8.42 Å². The van der Waals surface area contributed by atoms with Crippen molar-refractivity contribution in [2.24, 2.45) is 0 Å². The number of ether oxygens (including phenoxy) is 1. The molecule has 6 heteroatoms. The molecule has 1 saturated heterocycles. The molecule has 4 nitrogen and oxygen atoms in total. The second-order valence-electron chi connectivity index (χ2n) is 5.04. The van der Waals surface area contributed by atoms with Crippen molar-refractivity contribution in [3.63, 3.8) is 0 Å². The van der Waals surface area contributed by atoms with Crippen LogP contribution in [0.2, 0.25) is 5.02 Å². The average Bonchev–Trinajstić information content (AvgIpc) is 2.78. The van der Waals surface area contributed by atoms with Crippen LogP contribution in [0.3, 0.4) is 0 Å². The first-order valence-corrected chi connectivity index (χ1v) is 8.96. The average molecular weight is 328 g/mol. The van der Waals surface area contributed by atoms with Gasteiger partial charge in [0.15, 0.2) is 9.84 Å². The summed E-state index contributed by atoms with van der Waals surface area (Å²) < 4.78 is 28.7. The second-order valence-corrected chi connectivity index (χ2v) is 7.70.